The van der Waals surface area contributed by atoms with E-state index < -0.39 is 42.6 Å². The first-order valence-corrected chi connectivity index (χ1v) is 10.5. The molecule has 10 heteroatoms. The SMILES string of the molecule is COc1ccc(-c2cc(=O)c3c(OC)cc(OC)c(C4OC(CO)C(O)C(O)C4O)c3o2)cc1. The van der Waals surface area contributed by atoms with Crippen LogP contribution in [0.15, 0.2) is 45.6 Å². The third-order valence-electron chi connectivity index (χ3n) is 5.96. The minimum absolute atomic E-state index is 0.0128. The van der Waals surface area contributed by atoms with Crippen molar-refractivity contribution in [2.75, 3.05) is 27.9 Å². The zero-order valence-electron chi connectivity index (χ0n) is 18.8. The summed E-state index contributed by atoms with van der Waals surface area (Å²) in [6, 6.07) is 9.62. The van der Waals surface area contributed by atoms with Crippen LogP contribution in [-0.4, -0.2) is 72.8 Å². The van der Waals surface area contributed by atoms with Crippen LogP contribution in [0.5, 0.6) is 17.2 Å². The van der Waals surface area contributed by atoms with Gasteiger partial charge < -0.3 is 43.8 Å². The van der Waals surface area contributed by atoms with Gasteiger partial charge in [0, 0.05) is 17.7 Å². The Kier molecular flexibility index (Phi) is 6.78. The van der Waals surface area contributed by atoms with Crippen LogP contribution < -0.4 is 19.6 Å². The number of hydrogen-bond donors (Lipinski definition) is 4. The lowest BCUT2D eigenvalue weighted by Gasteiger charge is -2.40. The summed E-state index contributed by atoms with van der Waals surface area (Å²) >= 11 is 0. The van der Waals surface area contributed by atoms with Gasteiger partial charge in [-0.1, -0.05) is 0 Å². The second-order valence-corrected chi connectivity index (χ2v) is 7.85. The van der Waals surface area contributed by atoms with Crippen molar-refractivity contribution < 1.29 is 43.8 Å². The van der Waals surface area contributed by atoms with Crippen LogP contribution in [0.4, 0.5) is 0 Å². The van der Waals surface area contributed by atoms with Crippen molar-refractivity contribution in [3.8, 4) is 28.6 Å². The largest absolute Gasteiger partial charge is 0.497 e. The van der Waals surface area contributed by atoms with Gasteiger partial charge in [-0.3, -0.25) is 4.79 Å². The average Bonchev–Trinajstić information content (AvgIpc) is 2.86. The lowest BCUT2D eigenvalue weighted by Crippen LogP contribution is -2.55. The van der Waals surface area contributed by atoms with E-state index >= 15 is 0 Å². The number of methoxy groups -OCH3 is 3. The quantitative estimate of drug-likeness (QED) is 0.408. The number of aliphatic hydroxyl groups excluding tert-OH is 4. The first kappa shape index (κ1) is 24.0. The van der Waals surface area contributed by atoms with E-state index in [0.29, 0.717) is 11.3 Å². The van der Waals surface area contributed by atoms with Crippen LogP contribution in [0.1, 0.15) is 11.7 Å². The molecule has 5 unspecified atom stereocenters. The van der Waals surface area contributed by atoms with Gasteiger partial charge in [0.25, 0.3) is 0 Å². The molecule has 0 amide bonds. The molecule has 0 bridgehead atoms. The zero-order valence-corrected chi connectivity index (χ0v) is 18.8. The van der Waals surface area contributed by atoms with E-state index in [4.69, 9.17) is 23.4 Å². The summed E-state index contributed by atoms with van der Waals surface area (Å²) in [7, 11) is 4.30. The van der Waals surface area contributed by atoms with Crippen LogP contribution in [0.2, 0.25) is 0 Å². The number of fused-ring (bicyclic) bond motifs is 1. The number of benzene rings is 2. The Balaban J connectivity index is 1.99. The van der Waals surface area contributed by atoms with E-state index in [9.17, 15) is 25.2 Å². The van der Waals surface area contributed by atoms with Crippen molar-refractivity contribution in [2.24, 2.45) is 0 Å². The summed E-state index contributed by atoms with van der Waals surface area (Å²) in [5.74, 6) is 1.18. The van der Waals surface area contributed by atoms with Gasteiger partial charge in [-0.15, -0.1) is 0 Å². The molecule has 5 atom stereocenters. The molecule has 10 nitrogen and oxygen atoms in total. The summed E-state index contributed by atoms with van der Waals surface area (Å²) in [6.07, 6.45) is -7.25. The monoisotopic (exact) mass is 474 g/mol. The lowest BCUT2D eigenvalue weighted by atomic mass is 9.89. The Bertz CT molecular complexity index is 1220. The molecule has 0 aliphatic carbocycles. The van der Waals surface area contributed by atoms with Gasteiger partial charge in [-0.25, -0.2) is 0 Å². The molecule has 2 heterocycles. The first-order chi connectivity index (χ1) is 16.3. The molecule has 182 valence electrons. The summed E-state index contributed by atoms with van der Waals surface area (Å²) in [6.45, 7) is -0.612. The molecule has 1 aliphatic rings. The predicted octanol–water partition coefficient (Wildman–Crippen LogP) is 1.00. The van der Waals surface area contributed by atoms with E-state index in [2.05, 4.69) is 0 Å². The van der Waals surface area contributed by atoms with E-state index in [1.165, 1.54) is 33.5 Å². The molecule has 2 aromatic carbocycles. The Morgan fingerprint density at radius 3 is 2.15 bits per heavy atom. The molecule has 0 spiro atoms. The van der Waals surface area contributed by atoms with Gasteiger partial charge in [0.05, 0.1) is 33.5 Å². The highest BCUT2D eigenvalue weighted by Gasteiger charge is 2.46. The fraction of sp³-hybridized carbons (Fsp3) is 0.375. The molecule has 0 radical (unpaired) electrons. The standard InChI is InChI=1S/C24H26O10/c1-30-12-6-4-11(5-7-12)14-8-13(26)18-15(31-2)9-16(32-3)19(23(18)33-14)24-22(29)21(28)20(27)17(10-25)34-24/h4-9,17,20-22,24-25,27-29H,10H2,1-3H3. The minimum atomic E-state index is -1.63. The Labute approximate surface area is 194 Å². The topological polar surface area (TPSA) is 148 Å². The summed E-state index contributed by atoms with van der Waals surface area (Å²) in [5, 5.41) is 41.0. The molecule has 0 saturated carbocycles. The van der Waals surface area contributed by atoms with Gasteiger partial charge in [-0.2, -0.15) is 0 Å². The minimum Gasteiger partial charge on any atom is -0.497 e. The molecule has 1 saturated heterocycles. The third kappa shape index (κ3) is 3.99. The third-order valence-corrected chi connectivity index (χ3v) is 5.96. The van der Waals surface area contributed by atoms with Crippen LogP contribution in [0.3, 0.4) is 0 Å². The van der Waals surface area contributed by atoms with Gasteiger partial charge in [-0.05, 0) is 24.3 Å². The van der Waals surface area contributed by atoms with Gasteiger partial charge in [0.2, 0.25) is 0 Å². The highest BCUT2D eigenvalue weighted by atomic mass is 16.5. The van der Waals surface area contributed by atoms with Gasteiger partial charge >= 0.3 is 0 Å². The highest BCUT2D eigenvalue weighted by molar-refractivity contribution is 5.90. The second kappa shape index (κ2) is 9.61. The molecule has 34 heavy (non-hydrogen) atoms. The first-order valence-electron chi connectivity index (χ1n) is 10.5. The summed E-state index contributed by atoms with van der Waals surface area (Å²) in [5.41, 5.74) is 0.306. The molecule has 4 N–H and O–H groups in total. The fourth-order valence-corrected chi connectivity index (χ4v) is 4.13. The average molecular weight is 474 g/mol. The molecule has 1 aromatic heterocycles. The van der Waals surface area contributed by atoms with Crippen molar-refractivity contribution in [2.45, 2.75) is 30.5 Å². The highest BCUT2D eigenvalue weighted by Crippen LogP contribution is 2.44. The summed E-state index contributed by atoms with van der Waals surface area (Å²) < 4.78 is 27.9. The normalized spacial score (nSPS) is 24.7. The van der Waals surface area contributed by atoms with Gasteiger partial charge in [0.15, 0.2) is 11.0 Å². The molecule has 3 aromatic rings. The van der Waals surface area contributed by atoms with Crippen LogP contribution in [0.25, 0.3) is 22.3 Å². The van der Waals surface area contributed by atoms with Crippen molar-refractivity contribution in [1.29, 1.82) is 0 Å². The van der Waals surface area contributed by atoms with Crippen LogP contribution in [0, 0.1) is 0 Å². The van der Waals surface area contributed by atoms with E-state index in [1.54, 1.807) is 24.3 Å². The van der Waals surface area contributed by atoms with E-state index in [1.807, 2.05) is 0 Å². The Morgan fingerprint density at radius 2 is 1.56 bits per heavy atom. The number of hydrogen-bond acceptors (Lipinski definition) is 10. The number of aliphatic hydroxyl groups is 4. The Hall–Kier alpha value is -3.15. The smallest absolute Gasteiger partial charge is 0.197 e. The fourth-order valence-electron chi connectivity index (χ4n) is 4.13. The second-order valence-electron chi connectivity index (χ2n) is 7.85. The predicted molar refractivity (Wildman–Crippen MR) is 120 cm³/mol. The van der Waals surface area contributed by atoms with Crippen molar-refractivity contribution in [3.63, 3.8) is 0 Å². The molecular formula is C24H26O10. The zero-order chi connectivity index (χ0) is 24.6. The summed E-state index contributed by atoms with van der Waals surface area (Å²) in [4.78, 5) is 13.2. The van der Waals surface area contributed by atoms with Crippen LogP contribution in [-0.2, 0) is 4.74 Å². The molecule has 1 aliphatic heterocycles. The maximum Gasteiger partial charge on any atom is 0.197 e. The van der Waals surface area contributed by atoms with Crippen molar-refractivity contribution in [1.82, 2.24) is 0 Å². The van der Waals surface area contributed by atoms with Crippen LogP contribution >= 0.6 is 0 Å². The van der Waals surface area contributed by atoms with E-state index in [-0.39, 0.29) is 33.8 Å². The lowest BCUT2D eigenvalue weighted by molar-refractivity contribution is -0.231. The van der Waals surface area contributed by atoms with Crippen molar-refractivity contribution in [3.05, 3.63) is 52.2 Å². The maximum absolute atomic E-state index is 13.2. The molecule has 1 fully saturated rings. The van der Waals surface area contributed by atoms with Gasteiger partial charge in [0.1, 0.15) is 58.9 Å². The Morgan fingerprint density at radius 1 is 0.882 bits per heavy atom. The number of rotatable bonds is 6. The van der Waals surface area contributed by atoms with Crippen molar-refractivity contribution >= 4 is 11.0 Å². The van der Waals surface area contributed by atoms with E-state index in [0.717, 1.165) is 0 Å². The molecule has 4 rings (SSSR count). The maximum atomic E-state index is 13.2. The molecular weight excluding hydrogens is 448 g/mol. The number of ether oxygens (including phenoxy) is 4.